The first-order chi connectivity index (χ1) is 9.74. The Kier molecular flexibility index (Phi) is 4.18. The van der Waals surface area contributed by atoms with Crippen LogP contribution in [0.25, 0.3) is 0 Å². The second-order valence-corrected chi connectivity index (χ2v) is 6.02. The van der Waals surface area contributed by atoms with Gasteiger partial charge in [-0.15, -0.1) is 0 Å². The van der Waals surface area contributed by atoms with Crippen molar-refractivity contribution >= 4 is 5.78 Å². The van der Waals surface area contributed by atoms with E-state index in [9.17, 15) is 4.79 Å². The van der Waals surface area contributed by atoms with Crippen LogP contribution in [-0.4, -0.2) is 42.5 Å². The quantitative estimate of drug-likeness (QED) is 0.793. The van der Waals surface area contributed by atoms with Gasteiger partial charge in [0.2, 0.25) is 0 Å². The molecule has 2 aliphatic rings. The maximum Gasteiger partial charge on any atom is 0.176 e. The number of carbonyl (C=O) groups is 1. The smallest absolute Gasteiger partial charge is 0.176 e. The minimum atomic E-state index is 0.233. The Balaban J connectivity index is 1.66. The maximum absolute atomic E-state index is 12.4. The molecule has 2 atom stereocenters. The predicted octanol–water partition coefficient (Wildman–Crippen LogP) is 2.82. The molecule has 0 aromatic heterocycles. The van der Waals surface area contributed by atoms with E-state index in [1.807, 2.05) is 31.2 Å². The molecule has 2 fully saturated rings. The zero-order valence-electron chi connectivity index (χ0n) is 12.2. The minimum Gasteiger partial charge on any atom is -0.375 e. The molecule has 2 unspecified atom stereocenters. The number of carbonyl (C=O) groups excluding carboxylic acids is 1. The molecule has 1 saturated carbocycles. The number of rotatable bonds is 3. The number of aryl methyl sites for hydroxylation is 1. The first kappa shape index (κ1) is 13.8. The van der Waals surface area contributed by atoms with Crippen molar-refractivity contribution in [3.63, 3.8) is 0 Å². The van der Waals surface area contributed by atoms with Gasteiger partial charge < -0.3 is 4.74 Å². The van der Waals surface area contributed by atoms with Gasteiger partial charge in [-0.3, -0.25) is 9.69 Å². The number of hydrogen-bond donors (Lipinski definition) is 0. The third-order valence-electron chi connectivity index (χ3n) is 4.57. The van der Waals surface area contributed by atoms with Crippen LogP contribution in [0.15, 0.2) is 24.3 Å². The van der Waals surface area contributed by atoms with Crippen molar-refractivity contribution in [3.8, 4) is 0 Å². The fourth-order valence-electron chi connectivity index (χ4n) is 3.39. The van der Waals surface area contributed by atoms with Gasteiger partial charge in [0.1, 0.15) is 0 Å². The summed E-state index contributed by atoms with van der Waals surface area (Å²) in [6, 6.07) is 8.35. The third kappa shape index (κ3) is 2.94. The van der Waals surface area contributed by atoms with Crippen LogP contribution >= 0.6 is 0 Å². The van der Waals surface area contributed by atoms with Crippen LogP contribution in [0.2, 0.25) is 0 Å². The highest BCUT2D eigenvalue weighted by Crippen LogP contribution is 2.28. The van der Waals surface area contributed by atoms with Gasteiger partial charge in [-0.1, -0.05) is 42.7 Å². The topological polar surface area (TPSA) is 29.5 Å². The SMILES string of the molecule is Cc1ccc(C(=O)CN2CCOC3CCCCC32)cc1. The number of fused-ring (bicyclic) bond motifs is 1. The summed E-state index contributed by atoms with van der Waals surface area (Å²) >= 11 is 0. The van der Waals surface area contributed by atoms with Gasteiger partial charge in [0.15, 0.2) is 5.78 Å². The highest BCUT2D eigenvalue weighted by atomic mass is 16.5. The van der Waals surface area contributed by atoms with Crippen molar-refractivity contribution in [2.45, 2.75) is 44.8 Å². The Bertz CT molecular complexity index is 466. The zero-order chi connectivity index (χ0) is 13.9. The lowest BCUT2D eigenvalue weighted by Crippen LogP contribution is -2.53. The number of hydrogen-bond acceptors (Lipinski definition) is 3. The van der Waals surface area contributed by atoms with Crippen LogP contribution in [0.1, 0.15) is 41.6 Å². The molecule has 1 aliphatic carbocycles. The van der Waals surface area contributed by atoms with Crippen LogP contribution in [0, 0.1) is 6.92 Å². The molecule has 1 heterocycles. The van der Waals surface area contributed by atoms with Gasteiger partial charge in [-0.05, 0) is 19.8 Å². The van der Waals surface area contributed by atoms with Gasteiger partial charge in [0.05, 0.1) is 19.3 Å². The fourth-order valence-corrected chi connectivity index (χ4v) is 3.39. The summed E-state index contributed by atoms with van der Waals surface area (Å²) < 4.78 is 5.86. The second-order valence-electron chi connectivity index (χ2n) is 6.02. The van der Waals surface area contributed by atoms with E-state index in [2.05, 4.69) is 4.90 Å². The first-order valence-electron chi connectivity index (χ1n) is 7.69. The standard InChI is InChI=1S/C17H23NO2/c1-13-6-8-14(9-7-13)16(19)12-18-10-11-20-17-5-3-2-4-15(17)18/h6-9,15,17H,2-5,10-12H2,1H3. The van der Waals surface area contributed by atoms with Crippen molar-refractivity contribution in [1.82, 2.24) is 4.90 Å². The highest BCUT2D eigenvalue weighted by Gasteiger charge is 2.34. The Morgan fingerprint density at radius 1 is 1.25 bits per heavy atom. The van der Waals surface area contributed by atoms with Crippen LogP contribution < -0.4 is 0 Å². The largest absolute Gasteiger partial charge is 0.375 e. The summed E-state index contributed by atoms with van der Waals surface area (Å²) in [6.07, 6.45) is 5.20. The van der Waals surface area contributed by atoms with E-state index in [1.165, 1.54) is 24.8 Å². The molecule has 1 aliphatic heterocycles. The van der Waals surface area contributed by atoms with E-state index in [0.717, 1.165) is 25.1 Å². The average molecular weight is 273 g/mol. The molecule has 0 radical (unpaired) electrons. The molecule has 1 aromatic rings. The second kappa shape index (κ2) is 6.06. The number of ketones is 1. The lowest BCUT2D eigenvalue weighted by molar-refractivity contribution is -0.0846. The van der Waals surface area contributed by atoms with Gasteiger partial charge >= 0.3 is 0 Å². The molecular formula is C17H23NO2. The van der Waals surface area contributed by atoms with Crippen LogP contribution in [-0.2, 0) is 4.74 Å². The number of benzene rings is 1. The van der Waals surface area contributed by atoms with Gasteiger partial charge in [-0.25, -0.2) is 0 Å². The summed E-state index contributed by atoms with van der Waals surface area (Å²) in [7, 11) is 0. The van der Waals surface area contributed by atoms with Gasteiger partial charge in [-0.2, -0.15) is 0 Å². The van der Waals surface area contributed by atoms with Crippen molar-refractivity contribution in [1.29, 1.82) is 0 Å². The summed E-state index contributed by atoms with van der Waals surface area (Å²) in [4.78, 5) is 14.8. The van der Waals surface area contributed by atoms with Gasteiger partial charge in [0.25, 0.3) is 0 Å². The summed E-state index contributed by atoms with van der Waals surface area (Å²) in [5.74, 6) is 0.233. The first-order valence-corrected chi connectivity index (χ1v) is 7.69. The molecule has 0 spiro atoms. The predicted molar refractivity (Wildman–Crippen MR) is 79.1 cm³/mol. The van der Waals surface area contributed by atoms with Crippen LogP contribution in [0.4, 0.5) is 0 Å². The molecule has 108 valence electrons. The summed E-state index contributed by atoms with van der Waals surface area (Å²) in [5.41, 5.74) is 2.02. The Morgan fingerprint density at radius 2 is 2.00 bits per heavy atom. The Morgan fingerprint density at radius 3 is 2.80 bits per heavy atom. The molecule has 3 heteroatoms. The van der Waals surface area contributed by atoms with Crippen molar-refractivity contribution in [2.75, 3.05) is 19.7 Å². The molecule has 0 bridgehead atoms. The molecule has 20 heavy (non-hydrogen) atoms. The van der Waals surface area contributed by atoms with E-state index in [1.54, 1.807) is 0 Å². The number of ether oxygens (including phenoxy) is 1. The Hall–Kier alpha value is -1.19. The molecule has 1 aromatic carbocycles. The van der Waals surface area contributed by atoms with Crippen molar-refractivity contribution < 1.29 is 9.53 Å². The lowest BCUT2D eigenvalue weighted by atomic mass is 9.90. The van der Waals surface area contributed by atoms with Gasteiger partial charge in [0, 0.05) is 18.2 Å². The number of Topliss-reactive ketones (excluding diaryl/α,β-unsaturated/α-hetero) is 1. The summed E-state index contributed by atoms with van der Waals surface area (Å²) in [5, 5.41) is 0. The van der Waals surface area contributed by atoms with Crippen LogP contribution in [0.5, 0.6) is 0 Å². The average Bonchev–Trinajstić information content (AvgIpc) is 2.48. The van der Waals surface area contributed by atoms with E-state index in [-0.39, 0.29) is 5.78 Å². The molecule has 0 N–H and O–H groups in total. The summed E-state index contributed by atoms with van der Waals surface area (Å²) in [6.45, 7) is 4.23. The van der Waals surface area contributed by atoms with E-state index >= 15 is 0 Å². The number of morpholine rings is 1. The molecule has 3 rings (SSSR count). The van der Waals surface area contributed by atoms with E-state index < -0.39 is 0 Å². The normalized spacial score (nSPS) is 27.1. The highest BCUT2D eigenvalue weighted by molar-refractivity contribution is 5.97. The third-order valence-corrected chi connectivity index (χ3v) is 4.57. The van der Waals surface area contributed by atoms with Crippen molar-refractivity contribution in [2.24, 2.45) is 0 Å². The molecule has 1 saturated heterocycles. The minimum absolute atomic E-state index is 0.233. The number of nitrogens with zero attached hydrogens (tertiary/aromatic N) is 1. The zero-order valence-corrected chi connectivity index (χ0v) is 12.2. The van der Waals surface area contributed by atoms with E-state index in [4.69, 9.17) is 4.74 Å². The van der Waals surface area contributed by atoms with Crippen LogP contribution in [0.3, 0.4) is 0 Å². The molecule has 0 amide bonds. The monoisotopic (exact) mass is 273 g/mol. The van der Waals surface area contributed by atoms with Crippen molar-refractivity contribution in [3.05, 3.63) is 35.4 Å². The molecular weight excluding hydrogens is 250 g/mol. The fraction of sp³-hybridized carbons (Fsp3) is 0.588. The Labute approximate surface area is 120 Å². The van der Waals surface area contributed by atoms with E-state index in [0.29, 0.717) is 18.7 Å². The lowest BCUT2D eigenvalue weighted by Gasteiger charge is -2.43. The maximum atomic E-state index is 12.4. The molecule has 3 nitrogen and oxygen atoms in total.